The van der Waals surface area contributed by atoms with Crippen LogP contribution in [0.15, 0.2) is 6.07 Å². The minimum Gasteiger partial charge on any atom is -0.462 e. The summed E-state index contributed by atoms with van der Waals surface area (Å²) in [6, 6.07) is 2.91. The first kappa shape index (κ1) is 11.3. The highest BCUT2D eigenvalue weighted by molar-refractivity contribution is 5.11. The van der Waals surface area contributed by atoms with E-state index in [1.807, 2.05) is 19.9 Å². The second-order valence-corrected chi connectivity index (χ2v) is 4.39. The summed E-state index contributed by atoms with van der Waals surface area (Å²) in [6.07, 6.45) is 3.75. The lowest BCUT2D eigenvalue weighted by Gasteiger charge is -2.22. The number of ether oxygens (including phenoxy) is 1. The molecule has 4 heteroatoms. The summed E-state index contributed by atoms with van der Waals surface area (Å²) in [7, 11) is 0. The van der Waals surface area contributed by atoms with Crippen LogP contribution in [0.2, 0.25) is 0 Å². The Hall–Kier alpha value is -1.16. The van der Waals surface area contributed by atoms with Crippen LogP contribution in [0.25, 0.3) is 0 Å². The maximum Gasteiger partial charge on any atom is 0.316 e. The van der Waals surface area contributed by atoms with Gasteiger partial charge in [-0.2, -0.15) is 0 Å². The van der Waals surface area contributed by atoms with Crippen molar-refractivity contribution in [2.24, 2.45) is 0 Å². The van der Waals surface area contributed by atoms with Gasteiger partial charge in [-0.3, -0.25) is 0 Å². The van der Waals surface area contributed by atoms with Gasteiger partial charge in [0.05, 0.1) is 0 Å². The molecule has 1 aromatic rings. The molecule has 2 heterocycles. The Bertz CT molecular complexity index is 328. The molecule has 0 aliphatic carbocycles. The Kier molecular flexibility index (Phi) is 3.72. The minimum atomic E-state index is 0.457. The van der Waals surface area contributed by atoms with Gasteiger partial charge in [0, 0.05) is 17.4 Å². The number of hydrogen-bond donors (Lipinski definition) is 1. The van der Waals surface area contributed by atoms with Crippen molar-refractivity contribution in [2.75, 3.05) is 13.2 Å². The number of rotatable bonds is 3. The predicted octanol–water partition coefficient (Wildman–Crippen LogP) is 1.61. The molecule has 0 unspecified atom stereocenters. The van der Waals surface area contributed by atoms with Crippen LogP contribution in [0, 0.1) is 13.8 Å². The number of nitrogens with one attached hydrogen (secondary N) is 1. The summed E-state index contributed by atoms with van der Waals surface area (Å²) < 4.78 is 5.62. The number of aryl methyl sites for hydroxylation is 2. The first-order valence-electron chi connectivity index (χ1n) is 5.92. The van der Waals surface area contributed by atoms with Gasteiger partial charge in [-0.1, -0.05) is 6.42 Å². The van der Waals surface area contributed by atoms with Crippen molar-refractivity contribution in [3.63, 3.8) is 0 Å². The van der Waals surface area contributed by atoms with E-state index in [-0.39, 0.29) is 0 Å². The number of hydrogen-bond acceptors (Lipinski definition) is 4. The van der Waals surface area contributed by atoms with Gasteiger partial charge in [-0.05, 0) is 39.3 Å². The Labute approximate surface area is 96.4 Å². The molecule has 2 rings (SSSR count). The van der Waals surface area contributed by atoms with Crippen molar-refractivity contribution < 1.29 is 4.74 Å². The lowest BCUT2D eigenvalue weighted by molar-refractivity contribution is 0.223. The largest absolute Gasteiger partial charge is 0.462 e. The quantitative estimate of drug-likeness (QED) is 0.842. The van der Waals surface area contributed by atoms with Crippen LogP contribution < -0.4 is 10.1 Å². The van der Waals surface area contributed by atoms with E-state index in [1.165, 1.54) is 19.3 Å². The Balaban J connectivity index is 1.88. The topological polar surface area (TPSA) is 47.0 Å². The summed E-state index contributed by atoms with van der Waals surface area (Å²) in [5, 5.41) is 3.44. The Morgan fingerprint density at radius 1 is 1.31 bits per heavy atom. The summed E-state index contributed by atoms with van der Waals surface area (Å²) in [5.41, 5.74) is 1.92. The van der Waals surface area contributed by atoms with Crippen molar-refractivity contribution in [3.8, 4) is 6.01 Å². The molecule has 1 aliphatic heterocycles. The maximum atomic E-state index is 5.62. The van der Waals surface area contributed by atoms with Gasteiger partial charge in [0.15, 0.2) is 0 Å². The maximum absolute atomic E-state index is 5.62. The third-order valence-electron chi connectivity index (χ3n) is 2.79. The minimum absolute atomic E-state index is 0.457. The SMILES string of the molecule is Cc1cc(C)nc(OC[C@H]2CCCCN2)n1. The first-order chi connectivity index (χ1) is 7.74. The molecule has 1 saturated heterocycles. The average molecular weight is 221 g/mol. The van der Waals surface area contributed by atoms with Gasteiger partial charge in [0.2, 0.25) is 0 Å². The fourth-order valence-electron chi connectivity index (χ4n) is 2.00. The molecule has 0 amide bonds. The van der Waals surface area contributed by atoms with Gasteiger partial charge in [0.25, 0.3) is 0 Å². The van der Waals surface area contributed by atoms with Gasteiger partial charge < -0.3 is 10.1 Å². The normalized spacial score (nSPS) is 20.8. The van der Waals surface area contributed by atoms with E-state index >= 15 is 0 Å². The first-order valence-corrected chi connectivity index (χ1v) is 5.92. The average Bonchev–Trinajstić information content (AvgIpc) is 2.27. The third kappa shape index (κ3) is 3.17. The van der Waals surface area contributed by atoms with Crippen molar-refractivity contribution in [1.29, 1.82) is 0 Å². The summed E-state index contributed by atoms with van der Waals surface area (Å²) >= 11 is 0. The highest BCUT2D eigenvalue weighted by Gasteiger charge is 2.13. The van der Waals surface area contributed by atoms with Crippen LogP contribution in [0.3, 0.4) is 0 Å². The molecule has 0 spiro atoms. The molecule has 1 aliphatic rings. The summed E-state index contributed by atoms with van der Waals surface area (Å²) in [6.45, 7) is 5.69. The lowest BCUT2D eigenvalue weighted by atomic mass is 10.1. The molecular weight excluding hydrogens is 202 g/mol. The van der Waals surface area contributed by atoms with E-state index in [1.54, 1.807) is 0 Å². The second kappa shape index (κ2) is 5.25. The molecule has 0 bridgehead atoms. The molecule has 0 aromatic carbocycles. The highest BCUT2D eigenvalue weighted by atomic mass is 16.5. The van der Waals surface area contributed by atoms with Crippen LogP contribution in [-0.2, 0) is 0 Å². The van der Waals surface area contributed by atoms with Gasteiger partial charge in [-0.25, -0.2) is 9.97 Å². The van der Waals surface area contributed by atoms with E-state index in [9.17, 15) is 0 Å². The zero-order valence-electron chi connectivity index (χ0n) is 9.99. The number of aromatic nitrogens is 2. The molecule has 16 heavy (non-hydrogen) atoms. The lowest BCUT2D eigenvalue weighted by Crippen LogP contribution is -2.38. The standard InChI is InChI=1S/C12H19N3O/c1-9-7-10(2)15-12(14-9)16-8-11-5-3-4-6-13-11/h7,11,13H,3-6,8H2,1-2H3/t11-/m1/s1. The van der Waals surface area contributed by atoms with Crippen LogP contribution in [0.4, 0.5) is 0 Å². The van der Waals surface area contributed by atoms with Crippen molar-refractivity contribution in [2.45, 2.75) is 39.2 Å². The van der Waals surface area contributed by atoms with E-state index in [2.05, 4.69) is 15.3 Å². The Morgan fingerprint density at radius 3 is 2.69 bits per heavy atom. The Morgan fingerprint density at radius 2 is 2.06 bits per heavy atom. The van der Waals surface area contributed by atoms with E-state index in [0.717, 1.165) is 17.9 Å². The molecule has 1 N–H and O–H groups in total. The molecule has 1 atom stereocenters. The monoisotopic (exact) mass is 221 g/mol. The van der Waals surface area contributed by atoms with E-state index in [4.69, 9.17) is 4.74 Å². The fourth-order valence-corrected chi connectivity index (χ4v) is 2.00. The molecule has 0 radical (unpaired) electrons. The number of nitrogens with zero attached hydrogens (tertiary/aromatic N) is 2. The van der Waals surface area contributed by atoms with Crippen LogP contribution in [0.5, 0.6) is 6.01 Å². The van der Waals surface area contributed by atoms with Crippen molar-refractivity contribution in [1.82, 2.24) is 15.3 Å². The number of piperidine rings is 1. The van der Waals surface area contributed by atoms with E-state index in [0.29, 0.717) is 18.7 Å². The smallest absolute Gasteiger partial charge is 0.316 e. The fraction of sp³-hybridized carbons (Fsp3) is 0.667. The molecule has 0 saturated carbocycles. The third-order valence-corrected chi connectivity index (χ3v) is 2.79. The van der Waals surface area contributed by atoms with Gasteiger partial charge >= 0.3 is 6.01 Å². The summed E-state index contributed by atoms with van der Waals surface area (Å²) in [4.78, 5) is 8.51. The summed E-state index contributed by atoms with van der Waals surface area (Å²) in [5.74, 6) is 0. The molecule has 1 aromatic heterocycles. The van der Waals surface area contributed by atoms with E-state index < -0.39 is 0 Å². The highest BCUT2D eigenvalue weighted by Crippen LogP contribution is 2.10. The predicted molar refractivity (Wildman–Crippen MR) is 62.6 cm³/mol. The molecule has 88 valence electrons. The zero-order chi connectivity index (χ0) is 11.4. The van der Waals surface area contributed by atoms with Crippen molar-refractivity contribution >= 4 is 0 Å². The zero-order valence-corrected chi connectivity index (χ0v) is 9.99. The van der Waals surface area contributed by atoms with Crippen molar-refractivity contribution in [3.05, 3.63) is 17.5 Å². The molecule has 1 fully saturated rings. The van der Waals surface area contributed by atoms with Gasteiger partial charge in [0.1, 0.15) is 6.61 Å². The second-order valence-electron chi connectivity index (χ2n) is 4.39. The molecular formula is C12H19N3O. The van der Waals surface area contributed by atoms with Gasteiger partial charge in [-0.15, -0.1) is 0 Å². The van der Waals surface area contributed by atoms with Crippen LogP contribution >= 0.6 is 0 Å². The molecule has 4 nitrogen and oxygen atoms in total. The van der Waals surface area contributed by atoms with Crippen LogP contribution in [0.1, 0.15) is 30.7 Å². The van der Waals surface area contributed by atoms with Crippen LogP contribution in [-0.4, -0.2) is 29.2 Å².